The zero-order valence-corrected chi connectivity index (χ0v) is 11.1. The first-order valence-corrected chi connectivity index (χ1v) is 6.08. The topological polar surface area (TPSA) is 29.5 Å². The van der Waals surface area contributed by atoms with Gasteiger partial charge in [0.15, 0.2) is 0 Å². The van der Waals surface area contributed by atoms with Crippen molar-refractivity contribution in [2.45, 2.75) is 6.61 Å². The number of hydrogen-bond acceptors (Lipinski definition) is 2. The smallest absolute Gasteiger partial charge is 0.140 e. The molecule has 88 valence electrons. The first-order valence-electron chi connectivity index (χ1n) is 5.29. The van der Waals surface area contributed by atoms with Crippen LogP contribution in [0.15, 0.2) is 46.9 Å². The van der Waals surface area contributed by atoms with E-state index in [0.717, 1.165) is 26.9 Å². The molecule has 0 aromatic heterocycles. The number of aliphatic hydroxyl groups is 1. The minimum absolute atomic E-state index is 0.0654. The largest absolute Gasteiger partial charge is 0.495 e. The molecule has 17 heavy (non-hydrogen) atoms. The maximum absolute atomic E-state index is 9.01. The highest BCUT2D eigenvalue weighted by atomic mass is 79.9. The first kappa shape index (κ1) is 12.1. The second-order valence-corrected chi connectivity index (χ2v) is 4.53. The molecular formula is C14H13BrO2. The Balaban J connectivity index is 2.48. The molecule has 2 aromatic rings. The van der Waals surface area contributed by atoms with Gasteiger partial charge in [0.25, 0.3) is 0 Å². The van der Waals surface area contributed by atoms with Crippen LogP contribution >= 0.6 is 15.9 Å². The minimum atomic E-state index is 0.0654. The minimum Gasteiger partial charge on any atom is -0.495 e. The van der Waals surface area contributed by atoms with Crippen molar-refractivity contribution in [3.63, 3.8) is 0 Å². The normalized spacial score (nSPS) is 10.3. The Morgan fingerprint density at radius 1 is 1.12 bits per heavy atom. The van der Waals surface area contributed by atoms with Crippen molar-refractivity contribution in [2.24, 2.45) is 0 Å². The summed E-state index contributed by atoms with van der Waals surface area (Å²) in [6.07, 6.45) is 0. The van der Waals surface area contributed by atoms with Crippen molar-refractivity contribution >= 4 is 15.9 Å². The van der Waals surface area contributed by atoms with E-state index in [2.05, 4.69) is 15.9 Å². The SMILES string of the molecule is COc1c(Br)cccc1-c1ccc(CO)cc1. The van der Waals surface area contributed by atoms with E-state index in [1.807, 2.05) is 42.5 Å². The van der Waals surface area contributed by atoms with Gasteiger partial charge in [-0.2, -0.15) is 0 Å². The molecule has 0 fully saturated rings. The Kier molecular flexibility index (Phi) is 3.82. The van der Waals surface area contributed by atoms with Gasteiger partial charge in [0.2, 0.25) is 0 Å². The van der Waals surface area contributed by atoms with Crippen LogP contribution < -0.4 is 4.74 Å². The number of benzene rings is 2. The van der Waals surface area contributed by atoms with E-state index in [1.165, 1.54) is 0 Å². The van der Waals surface area contributed by atoms with Crippen LogP contribution in [0.3, 0.4) is 0 Å². The van der Waals surface area contributed by atoms with Crippen LogP contribution in [-0.4, -0.2) is 12.2 Å². The number of halogens is 1. The van der Waals surface area contributed by atoms with Crippen LogP contribution in [0.25, 0.3) is 11.1 Å². The summed E-state index contributed by atoms with van der Waals surface area (Å²) >= 11 is 3.47. The molecule has 0 saturated heterocycles. The summed E-state index contributed by atoms with van der Waals surface area (Å²) in [4.78, 5) is 0. The Bertz CT molecular complexity index is 506. The van der Waals surface area contributed by atoms with Gasteiger partial charge in [-0.3, -0.25) is 0 Å². The van der Waals surface area contributed by atoms with E-state index >= 15 is 0 Å². The van der Waals surface area contributed by atoms with Gasteiger partial charge in [-0.05, 0) is 33.1 Å². The molecule has 2 nitrogen and oxygen atoms in total. The predicted octanol–water partition coefficient (Wildman–Crippen LogP) is 3.62. The fraction of sp³-hybridized carbons (Fsp3) is 0.143. The van der Waals surface area contributed by atoms with E-state index in [4.69, 9.17) is 9.84 Å². The summed E-state index contributed by atoms with van der Waals surface area (Å²) in [5, 5.41) is 9.01. The number of rotatable bonds is 3. The number of aliphatic hydroxyl groups excluding tert-OH is 1. The highest BCUT2D eigenvalue weighted by molar-refractivity contribution is 9.10. The lowest BCUT2D eigenvalue weighted by atomic mass is 10.0. The standard InChI is InChI=1S/C14H13BrO2/c1-17-14-12(3-2-4-13(14)15)11-7-5-10(9-16)6-8-11/h2-8,16H,9H2,1H3. The lowest BCUT2D eigenvalue weighted by Crippen LogP contribution is -1.89. The zero-order valence-electron chi connectivity index (χ0n) is 9.48. The Morgan fingerprint density at radius 2 is 1.82 bits per heavy atom. The van der Waals surface area contributed by atoms with Crippen LogP contribution in [-0.2, 0) is 6.61 Å². The van der Waals surface area contributed by atoms with Gasteiger partial charge in [0, 0.05) is 5.56 Å². The molecule has 2 aromatic carbocycles. The zero-order chi connectivity index (χ0) is 12.3. The molecule has 3 heteroatoms. The van der Waals surface area contributed by atoms with Gasteiger partial charge in [-0.25, -0.2) is 0 Å². The van der Waals surface area contributed by atoms with E-state index in [9.17, 15) is 0 Å². The maximum Gasteiger partial charge on any atom is 0.140 e. The third-order valence-corrected chi connectivity index (χ3v) is 3.24. The first-order chi connectivity index (χ1) is 8.26. The highest BCUT2D eigenvalue weighted by Crippen LogP contribution is 2.36. The third kappa shape index (κ3) is 2.51. The molecule has 0 unspecified atom stereocenters. The number of para-hydroxylation sites is 1. The molecule has 0 spiro atoms. The molecule has 0 radical (unpaired) electrons. The van der Waals surface area contributed by atoms with Crippen molar-refractivity contribution in [3.8, 4) is 16.9 Å². The predicted molar refractivity (Wildman–Crippen MR) is 72.1 cm³/mol. The second-order valence-electron chi connectivity index (χ2n) is 3.68. The highest BCUT2D eigenvalue weighted by Gasteiger charge is 2.08. The average molecular weight is 293 g/mol. The monoisotopic (exact) mass is 292 g/mol. The third-order valence-electron chi connectivity index (χ3n) is 2.62. The fourth-order valence-corrected chi connectivity index (χ4v) is 2.26. The average Bonchev–Trinajstić information content (AvgIpc) is 2.38. The lowest BCUT2D eigenvalue weighted by Gasteiger charge is -2.10. The van der Waals surface area contributed by atoms with Crippen molar-refractivity contribution in [3.05, 3.63) is 52.5 Å². The summed E-state index contributed by atoms with van der Waals surface area (Å²) in [5.41, 5.74) is 3.01. The van der Waals surface area contributed by atoms with E-state index in [-0.39, 0.29) is 6.61 Å². The van der Waals surface area contributed by atoms with Gasteiger partial charge >= 0.3 is 0 Å². The number of ether oxygens (including phenoxy) is 1. The Morgan fingerprint density at radius 3 is 2.41 bits per heavy atom. The molecule has 0 atom stereocenters. The molecular weight excluding hydrogens is 280 g/mol. The van der Waals surface area contributed by atoms with E-state index in [1.54, 1.807) is 7.11 Å². The van der Waals surface area contributed by atoms with Gasteiger partial charge in [0.05, 0.1) is 18.2 Å². The van der Waals surface area contributed by atoms with E-state index < -0.39 is 0 Å². The van der Waals surface area contributed by atoms with Crippen molar-refractivity contribution < 1.29 is 9.84 Å². The van der Waals surface area contributed by atoms with Crippen molar-refractivity contribution in [1.82, 2.24) is 0 Å². The molecule has 0 aliphatic rings. The number of hydrogen-bond donors (Lipinski definition) is 1. The summed E-state index contributed by atoms with van der Waals surface area (Å²) in [7, 11) is 1.66. The Labute approximate surface area is 109 Å². The quantitative estimate of drug-likeness (QED) is 0.936. The summed E-state index contributed by atoms with van der Waals surface area (Å²) in [5.74, 6) is 0.823. The van der Waals surface area contributed by atoms with Crippen molar-refractivity contribution in [2.75, 3.05) is 7.11 Å². The second kappa shape index (κ2) is 5.34. The van der Waals surface area contributed by atoms with E-state index in [0.29, 0.717) is 0 Å². The Hall–Kier alpha value is -1.32. The molecule has 0 aliphatic heterocycles. The lowest BCUT2D eigenvalue weighted by molar-refractivity contribution is 0.282. The molecule has 0 amide bonds. The molecule has 2 rings (SSSR count). The fourth-order valence-electron chi connectivity index (χ4n) is 1.73. The van der Waals surface area contributed by atoms with Crippen molar-refractivity contribution in [1.29, 1.82) is 0 Å². The van der Waals surface area contributed by atoms with Gasteiger partial charge in [-0.1, -0.05) is 36.4 Å². The molecule has 0 saturated carbocycles. The van der Waals surface area contributed by atoms with Crippen LogP contribution in [0.4, 0.5) is 0 Å². The van der Waals surface area contributed by atoms with Crippen LogP contribution in [0.2, 0.25) is 0 Å². The van der Waals surface area contributed by atoms with Gasteiger partial charge in [0.1, 0.15) is 5.75 Å². The summed E-state index contributed by atoms with van der Waals surface area (Å²) < 4.78 is 6.32. The van der Waals surface area contributed by atoms with Crippen LogP contribution in [0.5, 0.6) is 5.75 Å². The number of methoxy groups -OCH3 is 1. The summed E-state index contributed by atoms with van der Waals surface area (Å²) in [6.45, 7) is 0.0654. The van der Waals surface area contributed by atoms with Gasteiger partial charge < -0.3 is 9.84 Å². The molecule has 0 heterocycles. The molecule has 0 bridgehead atoms. The van der Waals surface area contributed by atoms with Crippen LogP contribution in [0.1, 0.15) is 5.56 Å². The molecule has 0 aliphatic carbocycles. The van der Waals surface area contributed by atoms with Gasteiger partial charge in [-0.15, -0.1) is 0 Å². The summed E-state index contributed by atoms with van der Waals surface area (Å²) in [6, 6.07) is 13.7. The maximum atomic E-state index is 9.01. The van der Waals surface area contributed by atoms with Crippen LogP contribution in [0, 0.1) is 0 Å². The molecule has 1 N–H and O–H groups in total.